The van der Waals surface area contributed by atoms with Gasteiger partial charge in [-0.25, -0.2) is 4.98 Å². The van der Waals surface area contributed by atoms with Crippen molar-refractivity contribution in [1.29, 1.82) is 0 Å². The fourth-order valence-corrected chi connectivity index (χ4v) is 1.89. The molecule has 0 radical (unpaired) electrons. The van der Waals surface area contributed by atoms with Crippen LogP contribution in [0.5, 0.6) is 0 Å². The normalized spacial score (nSPS) is 10.2. The maximum Gasteiger partial charge on any atom is 0.257 e. The van der Waals surface area contributed by atoms with Gasteiger partial charge < -0.3 is 14.5 Å². The minimum absolute atomic E-state index is 0.0104. The lowest BCUT2D eigenvalue weighted by atomic mass is 10.2. The van der Waals surface area contributed by atoms with Crippen molar-refractivity contribution >= 4 is 27.7 Å². The average molecular weight is 344 g/mol. The third-order valence-corrected chi connectivity index (χ3v) is 3.30. The quantitative estimate of drug-likeness (QED) is 0.723. The van der Waals surface area contributed by atoms with E-state index in [4.69, 9.17) is 4.74 Å². The number of hydrogen-bond donors (Lipinski definition) is 0. The van der Waals surface area contributed by atoms with E-state index < -0.39 is 0 Å². The summed E-state index contributed by atoms with van der Waals surface area (Å²) < 4.78 is 5.45. The lowest BCUT2D eigenvalue weighted by Crippen LogP contribution is -2.42. The molecule has 2 amide bonds. The van der Waals surface area contributed by atoms with E-state index in [1.165, 1.54) is 9.80 Å². The van der Waals surface area contributed by atoms with Gasteiger partial charge in [-0.2, -0.15) is 0 Å². The number of halogens is 1. The minimum Gasteiger partial charge on any atom is -0.383 e. The molecule has 110 valence electrons. The number of nitrogens with zero attached hydrogens (tertiary/aromatic N) is 3. The van der Waals surface area contributed by atoms with E-state index in [1.54, 1.807) is 39.5 Å². The number of carbonyl (C=O) groups excluding carboxylic acids is 2. The first-order chi connectivity index (χ1) is 9.47. The molecule has 0 bridgehead atoms. The second-order valence-electron chi connectivity index (χ2n) is 4.35. The maximum absolute atomic E-state index is 12.5. The predicted molar refractivity (Wildman–Crippen MR) is 78.4 cm³/mol. The highest BCUT2D eigenvalue weighted by atomic mass is 79.9. The van der Waals surface area contributed by atoms with E-state index >= 15 is 0 Å². The minimum atomic E-state index is -0.253. The summed E-state index contributed by atoms with van der Waals surface area (Å²) in [5.41, 5.74) is 0.426. The largest absolute Gasteiger partial charge is 0.383 e. The molecule has 6 nitrogen and oxygen atoms in total. The molecule has 0 spiro atoms. The van der Waals surface area contributed by atoms with Gasteiger partial charge in [-0.3, -0.25) is 9.59 Å². The van der Waals surface area contributed by atoms with Crippen LogP contribution in [0.1, 0.15) is 10.4 Å². The van der Waals surface area contributed by atoms with Gasteiger partial charge in [-0.05, 0) is 28.1 Å². The summed E-state index contributed by atoms with van der Waals surface area (Å²) in [7, 11) is 4.86. The van der Waals surface area contributed by atoms with Crippen LogP contribution in [0.25, 0.3) is 0 Å². The Hall–Kier alpha value is -1.47. The van der Waals surface area contributed by atoms with Crippen LogP contribution in [0.3, 0.4) is 0 Å². The third-order valence-electron chi connectivity index (χ3n) is 2.67. The maximum atomic E-state index is 12.5. The highest BCUT2D eigenvalue weighted by Crippen LogP contribution is 2.15. The summed E-state index contributed by atoms with van der Waals surface area (Å²) in [6.07, 6.45) is 1.59. The molecule has 0 saturated heterocycles. The Morgan fingerprint density at radius 3 is 2.65 bits per heavy atom. The molecular formula is C13H18BrN3O3. The Balaban J connectivity index is 2.89. The van der Waals surface area contributed by atoms with Crippen LogP contribution >= 0.6 is 15.9 Å². The lowest BCUT2D eigenvalue weighted by Gasteiger charge is -2.23. The van der Waals surface area contributed by atoms with Gasteiger partial charge in [0.1, 0.15) is 11.1 Å². The van der Waals surface area contributed by atoms with Crippen molar-refractivity contribution in [2.75, 3.05) is 40.9 Å². The van der Waals surface area contributed by atoms with E-state index in [9.17, 15) is 9.59 Å². The molecule has 0 aromatic carbocycles. The van der Waals surface area contributed by atoms with Crippen molar-refractivity contribution in [2.24, 2.45) is 0 Å². The second-order valence-corrected chi connectivity index (χ2v) is 5.10. The predicted octanol–water partition coefficient (Wildman–Crippen LogP) is 1.02. The van der Waals surface area contributed by atoms with E-state index in [0.717, 1.165) is 0 Å². The zero-order valence-electron chi connectivity index (χ0n) is 11.8. The molecule has 0 unspecified atom stereocenters. The number of hydrogen-bond acceptors (Lipinski definition) is 4. The van der Waals surface area contributed by atoms with Gasteiger partial charge in [0.05, 0.1) is 12.2 Å². The molecule has 7 heteroatoms. The van der Waals surface area contributed by atoms with Crippen molar-refractivity contribution < 1.29 is 14.3 Å². The Morgan fingerprint density at radius 1 is 1.40 bits per heavy atom. The summed E-state index contributed by atoms with van der Waals surface area (Å²) >= 11 is 3.24. The zero-order chi connectivity index (χ0) is 15.1. The van der Waals surface area contributed by atoms with Crippen molar-refractivity contribution in [3.63, 3.8) is 0 Å². The van der Waals surface area contributed by atoms with Crippen molar-refractivity contribution in [3.8, 4) is 0 Å². The monoisotopic (exact) mass is 343 g/mol. The van der Waals surface area contributed by atoms with E-state index in [0.29, 0.717) is 23.3 Å². The first kappa shape index (κ1) is 16.6. The smallest absolute Gasteiger partial charge is 0.257 e. The average Bonchev–Trinajstić information content (AvgIpc) is 2.42. The molecule has 1 aromatic rings. The van der Waals surface area contributed by atoms with Gasteiger partial charge >= 0.3 is 0 Å². The number of pyridine rings is 1. The van der Waals surface area contributed by atoms with Crippen molar-refractivity contribution in [1.82, 2.24) is 14.8 Å². The third kappa shape index (κ3) is 4.57. The van der Waals surface area contributed by atoms with Gasteiger partial charge in [0.25, 0.3) is 5.91 Å². The van der Waals surface area contributed by atoms with Crippen LogP contribution in [-0.2, 0) is 9.53 Å². The molecule has 0 atom stereocenters. The van der Waals surface area contributed by atoms with Gasteiger partial charge in [0.15, 0.2) is 0 Å². The number of rotatable bonds is 6. The molecule has 0 aliphatic heterocycles. The van der Waals surface area contributed by atoms with Crippen molar-refractivity contribution in [3.05, 3.63) is 28.5 Å². The number of likely N-dealkylation sites (N-methyl/N-ethyl adjacent to an activating group) is 1. The fourth-order valence-electron chi connectivity index (χ4n) is 1.47. The van der Waals surface area contributed by atoms with Gasteiger partial charge in [-0.15, -0.1) is 0 Å². The lowest BCUT2D eigenvalue weighted by molar-refractivity contribution is -0.129. The molecule has 1 heterocycles. The topological polar surface area (TPSA) is 62.7 Å². The van der Waals surface area contributed by atoms with Crippen LogP contribution < -0.4 is 0 Å². The Labute approximate surface area is 126 Å². The van der Waals surface area contributed by atoms with Crippen LogP contribution in [0.2, 0.25) is 0 Å². The summed E-state index contributed by atoms with van der Waals surface area (Å²) in [5.74, 6) is -0.397. The molecule has 1 rings (SSSR count). The summed E-state index contributed by atoms with van der Waals surface area (Å²) in [6, 6.07) is 3.35. The molecule has 0 saturated carbocycles. The van der Waals surface area contributed by atoms with Crippen molar-refractivity contribution in [2.45, 2.75) is 0 Å². The Kier molecular flexibility index (Phi) is 6.60. The first-order valence-electron chi connectivity index (χ1n) is 6.06. The van der Waals surface area contributed by atoms with E-state index in [1.807, 2.05) is 0 Å². The molecule has 0 aliphatic rings. The van der Waals surface area contributed by atoms with Gasteiger partial charge in [0, 0.05) is 33.9 Å². The highest BCUT2D eigenvalue weighted by molar-refractivity contribution is 9.10. The zero-order valence-corrected chi connectivity index (χ0v) is 13.4. The SMILES string of the molecule is COCCN(CC(=O)N(C)C)C(=O)c1cccnc1Br. The standard InChI is InChI=1S/C13H18BrN3O3/c1-16(2)11(18)9-17(7-8-20-3)13(19)10-5-4-6-15-12(10)14/h4-6H,7-9H2,1-3H3. The molecular weight excluding hydrogens is 326 g/mol. The summed E-state index contributed by atoms with van der Waals surface area (Å²) in [5, 5.41) is 0. The fraction of sp³-hybridized carbons (Fsp3) is 0.462. The van der Waals surface area contributed by atoms with Gasteiger partial charge in [0.2, 0.25) is 5.91 Å². The first-order valence-corrected chi connectivity index (χ1v) is 6.85. The van der Waals surface area contributed by atoms with E-state index in [2.05, 4.69) is 20.9 Å². The van der Waals surface area contributed by atoms with Crippen LogP contribution in [-0.4, -0.2) is 67.5 Å². The second kappa shape index (κ2) is 7.96. The molecule has 0 aliphatic carbocycles. The van der Waals surface area contributed by atoms with E-state index in [-0.39, 0.29) is 18.4 Å². The Morgan fingerprint density at radius 2 is 2.10 bits per heavy atom. The summed E-state index contributed by atoms with van der Waals surface area (Å²) in [4.78, 5) is 31.2. The number of ether oxygens (including phenoxy) is 1. The Bertz CT molecular complexity index is 480. The molecule has 1 aromatic heterocycles. The number of amides is 2. The summed E-state index contributed by atoms with van der Waals surface area (Å²) in [6.45, 7) is 0.719. The number of carbonyl (C=O) groups is 2. The van der Waals surface area contributed by atoms with Crippen LogP contribution in [0.15, 0.2) is 22.9 Å². The molecule has 0 fully saturated rings. The molecule has 20 heavy (non-hydrogen) atoms. The highest BCUT2D eigenvalue weighted by Gasteiger charge is 2.21. The van der Waals surface area contributed by atoms with Crippen LogP contribution in [0.4, 0.5) is 0 Å². The van der Waals surface area contributed by atoms with Gasteiger partial charge in [-0.1, -0.05) is 0 Å². The molecule has 0 N–H and O–H groups in total. The number of methoxy groups -OCH3 is 1. The van der Waals surface area contributed by atoms with Crippen LogP contribution in [0, 0.1) is 0 Å². The number of aromatic nitrogens is 1.